The number of benzene rings is 1. The van der Waals surface area contributed by atoms with Gasteiger partial charge in [-0.2, -0.15) is 4.98 Å². The molecule has 2 N–H and O–H groups in total. The van der Waals surface area contributed by atoms with Crippen LogP contribution in [-0.4, -0.2) is 36.8 Å². The predicted molar refractivity (Wildman–Crippen MR) is 87.8 cm³/mol. The van der Waals surface area contributed by atoms with E-state index in [9.17, 15) is 0 Å². The molecule has 6 heteroatoms. The van der Waals surface area contributed by atoms with Crippen LogP contribution in [0.1, 0.15) is 13.3 Å². The highest BCUT2D eigenvalue weighted by Crippen LogP contribution is 2.16. The average Bonchev–Trinajstić information content (AvgIpc) is 2.58. The summed E-state index contributed by atoms with van der Waals surface area (Å²) < 4.78 is 10.7. The van der Waals surface area contributed by atoms with Crippen LogP contribution in [0.4, 0.5) is 11.8 Å². The summed E-state index contributed by atoms with van der Waals surface area (Å²) >= 11 is 0. The number of nitrogens with zero attached hydrogens (tertiary/aromatic N) is 2. The minimum absolute atomic E-state index is 0.550. The Bertz CT molecular complexity index is 560. The van der Waals surface area contributed by atoms with Crippen LogP contribution in [0, 0.1) is 0 Å². The maximum absolute atomic E-state index is 5.65. The van der Waals surface area contributed by atoms with Crippen LogP contribution in [0.2, 0.25) is 0 Å². The molecule has 6 nitrogen and oxygen atoms in total. The smallest absolute Gasteiger partial charge is 0.224 e. The Morgan fingerprint density at radius 3 is 2.50 bits per heavy atom. The number of hydrogen-bond acceptors (Lipinski definition) is 6. The fourth-order valence-electron chi connectivity index (χ4n) is 1.80. The van der Waals surface area contributed by atoms with E-state index in [0.717, 1.165) is 30.3 Å². The summed E-state index contributed by atoms with van der Waals surface area (Å²) in [7, 11) is 1.64. The second-order valence-corrected chi connectivity index (χ2v) is 4.64. The maximum atomic E-state index is 5.65. The summed E-state index contributed by atoms with van der Waals surface area (Å²) in [6, 6.07) is 9.36. The van der Waals surface area contributed by atoms with Gasteiger partial charge in [0.25, 0.3) is 0 Å². The summed E-state index contributed by atoms with van der Waals surface area (Å²) in [5.41, 5.74) is 0. The first kappa shape index (κ1) is 15.9. The van der Waals surface area contributed by atoms with Crippen molar-refractivity contribution in [2.45, 2.75) is 13.3 Å². The topological polar surface area (TPSA) is 68.3 Å². The number of rotatable bonds is 9. The Balaban J connectivity index is 1.73. The van der Waals surface area contributed by atoms with Crippen LogP contribution in [-0.2, 0) is 0 Å². The number of anilines is 2. The molecule has 22 heavy (non-hydrogen) atoms. The van der Waals surface area contributed by atoms with E-state index in [1.54, 1.807) is 13.3 Å². The Morgan fingerprint density at radius 2 is 1.77 bits per heavy atom. The van der Waals surface area contributed by atoms with E-state index in [4.69, 9.17) is 9.47 Å². The molecule has 1 heterocycles. The predicted octanol–water partition coefficient (Wildman–Crippen LogP) is 2.80. The van der Waals surface area contributed by atoms with Crippen LogP contribution in [0.25, 0.3) is 0 Å². The molecule has 0 amide bonds. The number of nitrogens with one attached hydrogen (secondary N) is 2. The summed E-state index contributed by atoms with van der Waals surface area (Å²) in [4.78, 5) is 8.54. The first-order valence-electron chi connectivity index (χ1n) is 7.39. The lowest BCUT2D eigenvalue weighted by atomic mass is 10.3. The van der Waals surface area contributed by atoms with E-state index in [1.807, 2.05) is 30.3 Å². The van der Waals surface area contributed by atoms with E-state index in [0.29, 0.717) is 19.1 Å². The zero-order valence-electron chi connectivity index (χ0n) is 13.0. The van der Waals surface area contributed by atoms with Gasteiger partial charge in [0.15, 0.2) is 0 Å². The standard InChI is InChI=1S/C16H22N4O2/c1-3-9-18-16-19-10-8-15(20-16)17-11-12-22-14-6-4-13(21-2)5-7-14/h4-8,10H,3,9,11-12H2,1-2H3,(H2,17,18,19,20). The van der Waals surface area contributed by atoms with Gasteiger partial charge in [-0.1, -0.05) is 6.92 Å². The molecule has 118 valence electrons. The Kier molecular flexibility index (Phi) is 6.29. The van der Waals surface area contributed by atoms with Crippen LogP contribution < -0.4 is 20.1 Å². The van der Waals surface area contributed by atoms with Gasteiger partial charge < -0.3 is 20.1 Å². The third-order valence-corrected chi connectivity index (χ3v) is 2.93. The molecule has 0 aliphatic heterocycles. The fraction of sp³-hybridized carbons (Fsp3) is 0.375. The van der Waals surface area contributed by atoms with Crippen molar-refractivity contribution >= 4 is 11.8 Å². The number of aromatic nitrogens is 2. The number of hydrogen-bond donors (Lipinski definition) is 2. The molecule has 0 saturated carbocycles. The normalized spacial score (nSPS) is 10.1. The monoisotopic (exact) mass is 302 g/mol. The van der Waals surface area contributed by atoms with Gasteiger partial charge in [-0.3, -0.25) is 0 Å². The lowest BCUT2D eigenvalue weighted by Crippen LogP contribution is -2.13. The Morgan fingerprint density at radius 1 is 1.00 bits per heavy atom. The molecule has 1 aromatic carbocycles. The largest absolute Gasteiger partial charge is 0.497 e. The SMILES string of the molecule is CCCNc1nccc(NCCOc2ccc(OC)cc2)n1. The van der Waals surface area contributed by atoms with Gasteiger partial charge in [0.2, 0.25) is 5.95 Å². The number of ether oxygens (including phenoxy) is 2. The molecule has 0 atom stereocenters. The zero-order chi connectivity index (χ0) is 15.6. The summed E-state index contributed by atoms with van der Waals surface area (Å²) in [5, 5.41) is 6.37. The second-order valence-electron chi connectivity index (χ2n) is 4.64. The molecule has 1 aromatic heterocycles. The first-order valence-corrected chi connectivity index (χ1v) is 7.39. The van der Waals surface area contributed by atoms with Gasteiger partial charge in [-0.25, -0.2) is 4.98 Å². The van der Waals surface area contributed by atoms with Gasteiger partial charge in [0.05, 0.1) is 13.7 Å². The molecule has 2 aromatic rings. The third-order valence-electron chi connectivity index (χ3n) is 2.93. The molecule has 0 spiro atoms. The second kappa shape index (κ2) is 8.71. The highest BCUT2D eigenvalue weighted by molar-refractivity contribution is 5.39. The molecule has 0 saturated heterocycles. The highest BCUT2D eigenvalue weighted by Gasteiger charge is 1.99. The molecule has 0 aliphatic carbocycles. The van der Waals surface area contributed by atoms with Crippen molar-refractivity contribution in [1.29, 1.82) is 0 Å². The van der Waals surface area contributed by atoms with Crippen molar-refractivity contribution in [2.24, 2.45) is 0 Å². The molecular weight excluding hydrogens is 280 g/mol. The molecule has 0 bridgehead atoms. The van der Waals surface area contributed by atoms with Crippen LogP contribution in [0.15, 0.2) is 36.5 Å². The van der Waals surface area contributed by atoms with Gasteiger partial charge in [-0.15, -0.1) is 0 Å². The molecule has 0 unspecified atom stereocenters. The van der Waals surface area contributed by atoms with Crippen molar-refractivity contribution in [1.82, 2.24) is 9.97 Å². The van der Waals surface area contributed by atoms with E-state index in [1.165, 1.54) is 0 Å². The molecule has 0 radical (unpaired) electrons. The Hall–Kier alpha value is -2.50. The van der Waals surface area contributed by atoms with Crippen molar-refractivity contribution in [3.63, 3.8) is 0 Å². The van der Waals surface area contributed by atoms with E-state index < -0.39 is 0 Å². The van der Waals surface area contributed by atoms with Gasteiger partial charge in [0.1, 0.15) is 23.9 Å². The first-order chi connectivity index (χ1) is 10.8. The van der Waals surface area contributed by atoms with Crippen molar-refractivity contribution in [3.8, 4) is 11.5 Å². The number of methoxy groups -OCH3 is 1. The van der Waals surface area contributed by atoms with Crippen molar-refractivity contribution in [3.05, 3.63) is 36.5 Å². The summed E-state index contributed by atoms with van der Waals surface area (Å²) in [6.45, 7) is 4.18. The minimum atomic E-state index is 0.550. The van der Waals surface area contributed by atoms with Gasteiger partial charge in [0, 0.05) is 12.7 Å². The van der Waals surface area contributed by atoms with Crippen molar-refractivity contribution < 1.29 is 9.47 Å². The lowest BCUT2D eigenvalue weighted by Gasteiger charge is -2.09. The quantitative estimate of drug-likeness (QED) is 0.694. The van der Waals surface area contributed by atoms with E-state index in [-0.39, 0.29) is 0 Å². The Labute approximate surface area is 130 Å². The fourth-order valence-corrected chi connectivity index (χ4v) is 1.80. The third kappa shape index (κ3) is 5.12. The zero-order valence-corrected chi connectivity index (χ0v) is 13.0. The van der Waals surface area contributed by atoms with E-state index in [2.05, 4.69) is 27.5 Å². The van der Waals surface area contributed by atoms with Crippen LogP contribution in [0.5, 0.6) is 11.5 Å². The molecule has 2 rings (SSSR count). The van der Waals surface area contributed by atoms with Crippen LogP contribution in [0.3, 0.4) is 0 Å². The minimum Gasteiger partial charge on any atom is -0.497 e. The average molecular weight is 302 g/mol. The summed E-state index contributed by atoms with van der Waals surface area (Å²) in [6.07, 6.45) is 2.77. The van der Waals surface area contributed by atoms with Gasteiger partial charge >= 0.3 is 0 Å². The van der Waals surface area contributed by atoms with Crippen LogP contribution >= 0.6 is 0 Å². The van der Waals surface area contributed by atoms with Crippen molar-refractivity contribution in [2.75, 3.05) is 37.4 Å². The lowest BCUT2D eigenvalue weighted by molar-refractivity contribution is 0.331. The maximum Gasteiger partial charge on any atom is 0.224 e. The molecule has 0 fully saturated rings. The van der Waals surface area contributed by atoms with E-state index >= 15 is 0 Å². The van der Waals surface area contributed by atoms with Gasteiger partial charge in [-0.05, 0) is 36.8 Å². The molecule has 0 aliphatic rings. The highest BCUT2D eigenvalue weighted by atomic mass is 16.5. The molecular formula is C16H22N4O2. The summed E-state index contributed by atoms with van der Waals surface area (Å²) in [5.74, 6) is 3.06.